The Hall–Kier alpha value is -2.40. The van der Waals surface area contributed by atoms with Gasteiger partial charge in [0, 0.05) is 19.9 Å². The van der Waals surface area contributed by atoms with Crippen LogP contribution < -0.4 is 4.74 Å². The van der Waals surface area contributed by atoms with Crippen LogP contribution in [0.5, 0.6) is 5.75 Å². The van der Waals surface area contributed by atoms with Crippen molar-refractivity contribution < 1.29 is 14.3 Å². The maximum Gasteiger partial charge on any atom is 0.263 e. The number of nitrogens with zero attached hydrogens (tertiary/aromatic N) is 2. The van der Waals surface area contributed by atoms with E-state index in [4.69, 9.17) is 9.47 Å². The molecule has 5 nitrogen and oxygen atoms in total. The number of aromatic nitrogens is 1. The second kappa shape index (κ2) is 9.51. The van der Waals surface area contributed by atoms with Gasteiger partial charge in [0.25, 0.3) is 5.91 Å². The van der Waals surface area contributed by atoms with E-state index in [0.717, 1.165) is 5.69 Å². The van der Waals surface area contributed by atoms with E-state index < -0.39 is 6.10 Å². The summed E-state index contributed by atoms with van der Waals surface area (Å²) in [6, 6.07) is 13.6. The molecule has 1 amide bonds. The number of hydrogen-bond donors (Lipinski definition) is 0. The molecule has 0 N–H and O–H groups in total. The summed E-state index contributed by atoms with van der Waals surface area (Å²) < 4.78 is 11.0. The predicted octanol–water partition coefficient (Wildman–Crippen LogP) is 3.82. The zero-order valence-corrected chi connectivity index (χ0v) is 16.9. The average molecular weight is 370 g/mol. The quantitative estimate of drug-likeness (QED) is 0.709. The number of benzene rings is 1. The van der Waals surface area contributed by atoms with Gasteiger partial charge in [0.2, 0.25) is 0 Å². The number of carbonyl (C=O) groups is 1. The van der Waals surface area contributed by atoms with Gasteiger partial charge in [-0.3, -0.25) is 9.78 Å². The van der Waals surface area contributed by atoms with Gasteiger partial charge in [-0.2, -0.15) is 0 Å². The summed E-state index contributed by atoms with van der Waals surface area (Å²) in [4.78, 5) is 18.9. The first-order chi connectivity index (χ1) is 12.8. The van der Waals surface area contributed by atoms with Crippen LogP contribution in [0.2, 0.25) is 0 Å². The van der Waals surface area contributed by atoms with Gasteiger partial charge < -0.3 is 14.4 Å². The normalized spacial score (nSPS) is 12.5. The molecule has 1 aromatic heterocycles. The van der Waals surface area contributed by atoms with Crippen LogP contribution in [0.1, 0.15) is 39.0 Å². The highest BCUT2D eigenvalue weighted by Gasteiger charge is 2.23. The van der Waals surface area contributed by atoms with Crippen molar-refractivity contribution in [1.82, 2.24) is 9.88 Å². The smallest absolute Gasteiger partial charge is 0.263 e. The molecule has 1 unspecified atom stereocenters. The van der Waals surface area contributed by atoms with Crippen molar-refractivity contribution in [3.05, 3.63) is 59.9 Å². The molecule has 0 aliphatic heterocycles. The molecule has 0 saturated carbocycles. The Balaban J connectivity index is 2.04. The highest BCUT2D eigenvalue weighted by atomic mass is 16.5. The molecule has 2 aromatic rings. The Labute approximate surface area is 162 Å². The standard InChI is InChI=1S/C22H30N2O3/c1-17(27-20-11-9-18(10-12-20)22(2,3)4)21(25)24(14-15-26-5)16-19-8-6-7-13-23-19/h6-13,17H,14-16H2,1-5H3. The first kappa shape index (κ1) is 20.9. The van der Waals surface area contributed by atoms with Crippen LogP contribution in [0.3, 0.4) is 0 Å². The summed E-state index contributed by atoms with van der Waals surface area (Å²) >= 11 is 0. The van der Waals surface area contributed by atoms with Gasteiger partial charge >= 0.3 is 0 Å². The van der Waals surface area contributed by atoms with E-state index in [1.165, 1.54) is 5.56 Å². The molecule has 1 heterocycles. The fraction of sp³-hybridized carbons (Fsp3) is 0.455. The van der Waals surface area contributed by atoms with Crippen molar-refractivity contribution in [3.63, 3.8) is 0 Å². The highest BCUT2D eigenvalue weighted by molar-refractivity contribution is 5.80. The largest absolute Gasteiger partial charge is 0.481 e. The van der Waals surface area contributed by atoms with Gasteiger partial charge in [-0.25, -0.2) is 0 Å². The van der Waals surface area contributed by atoms with Gasteiger partial charge in [0.1, 0.15) is 5.75 Å². The molecule has 0 bridgehead atoms. The van der Waals surface area contributed by atoms with Crippen molar-refractivity contribution >= 4 is 5.91 Å². The Kier molecular flexibility index (Phi) is 7.36. The van der Waals surface area contributed by atoms with Crippen LogP contribution >= 0.6 is 0 Å². The van der Waals surface area contributed by atoms with Crippen LogP contribution in [0.4, 0.5) is 0 Å². The molecule has 0 aliphatic carbocycles. The lowest BCUT2D eigenvalue weighted by molar-refractivity contribution is -0.139. The maximum absolute atomic E-state index is 12.9. The third-order valence-corrected chi connectivity index (χ3v) is 4.34. The lowest BCUT2D eigenvalue weighted by Gasteiger charge is -2.26. The molecule has 0 spiro atoms. The molecule has 2 rings (SSSR count). The van der Waals surface area contributed by atoms with E-state index in [9.17, 15) is 4.79 Å². The summed E-state index contributed by atoms with van der Waals surface area (Å²) in [5, 5.41) is 0. The number of methoxy groups -OCH3 is 1. The fourth-order valence-corrected chi connectivity index (χ4v) is 2.70. The Morgan fingerprint density at radius 2 is 1.85 bits per heavy atom. The predicted molar refractivity (Wildman–Crippen MR) is 107 cm³/mol. The van der Waals surface area contributed by atoms with Crippen LogP contribution in [0.25, 0.3) is 0 Å². The summed E-state index contributed by atoms with van der Waals surface area (Å²) in [5.41, 5.74) is 2.15. The van der Waals surface area contributed by atoms with E-state index in [0.29, 0.717) is 25.4 Å². The fourth-order valence-electron chi connectivity index (χ4n) is 2.70. The van der Waals surface area contributed by atoms with Gasteiger partial charge in [-0.15, -0.1) is 0 Å². The van der Waals surface area contributed by atoms with E-state index in [2.05, 4.69) is 25.8 Å². The number of amides is 1. The Bertz CT molecular complexity index is 709. The number of ether oxygens (including phenoxy) is 2. The molecular weight excluding hydrogens is 340 g/mol. The molecule has 1 atom stereocenters. The van der Waals surface area contributed by atoms with Crippen LogP contribution in [-0.2, 0) is 21.5 Å². The van der Waals surface area contributed by atoms with E-state index in [-0.39, 0.29) is 11.3 Å². The van der Waals surface area contributed by atoms with Gasteiger partial charge in [-0.05, 0) is 42.2 Å². The molecule has 146 valence electrons. The summed E-state index contributed by atoms with van der Waals surface area (Å²) in [5.74, 6) is 0.603. The molecule has 1 aromatic carbocycles. The molecule has 0 fully saturated rings. The van der Waals surface area contributed by atoms with Crippen LogP contribution in [0, 0.1) is 0 Å². The van der Waals surface area contributed by atoms with Crippen LogP contribution in [0.15, 0.2) is 48.7 Å². The minimum Gasteiger partial charge on any atom is -0.481 e. The minimum atomic E-state index is -0.592. The average Bonchev–Trinajstić information content (AvgIpc) is 2.65. The van der Waals surface area contributed by atoms with Crippen molar-refractivity contribution in [3.8, 4) is 5.75 Å². The lowest BCUT2D eigenvalue weighted by Crippen LogP contribution is -2.41. The minimum absolute atomic E-state index is 0.0829. The zero-order chi connectivity index (χ0) is 19.9. The number of pyridine rings is 1. The molecule has 0 saturated heterocycles. The third kappa shape index (κ3) is 6.36. The van der Waals surface area contributed by atoms with Crippen molar-refractivity contribution in [2.45, 2.75) is 45.8 Å². The third-order valence-electron chi connectivity index (χ3n) is 4.34. The number of hydrogen-bond acceptors (Lipinski definition) is 4. The summed E-state index contributed by atoms with van der Waals surface area (Å²) in [6.07, 6.45) is 1.14. The summed E-state index contributed by atoms with van der Waals surface area (Å²) in [6.45, 7) is 9.66. The highest BCUT2D eigenvalue weighted by Crippen LogP contribution is 2.24. The van der Waals surface area contributed by atoms with Gasteiger partial charge in [0.05, 0.1) is 18.8 Å². The van der Waals surface area contributed by atoms with Gasteiger partial charge in [0.15, 0.2) is 6.10 Å². The van der Waals surface area contributed by atoms with Crippen molar-refractivity contribution in [2.24, 2.45) is 0 Å². The Morgan fingerprint density at radius 3 is 2.41 bits per heavy atom. The zero-order valence-electron chi connectivity index (χ0n) is 16.9. The van der Waals surface area contributed by atoms with E-state index >= 15 is 0 Å². The number of rotatable bonds is 8. The molecule has 0 aliphatic rings. The van der Waals surface area contributed by atoms with E-state index in [1.807, 2.05) is 42.5 Å². The molecular formula is C22H30N2O3. The van der Waals surface area contributed by atoms with E-state index in [1.54, 1.807) is 25.1 Å². The molecule has 5 heteroatoms. The first-order valence-electron chi connectivity index (χ1n) is 9.26. The first-order valence-corrected chi connectivity index (χ1v) is 9.26. The Morgan fingerprint density at radius 1 is 1.15 bits per heavy atom. The lowest BCUT2D eigenvalue weighted by atomic mass is 9.87. The SMILES string of the molecule is COCCN(Cc1ccccn1)C(=O)C(C)Oc1ccc(C(C)(C)C)cc1. The monoisotopic (exact) mass is 370 g/mol. The second-order valence-corrected chi connectivity index (χ2v) is 7.61. The van der Waals surface area contributed by atoms with Gasteiger partial charge in [-0.1, -0.05) is 39.0 Å². The topological polar surface area (TPSA) is 51.7 Å². The number of carbonyl (C=O) groups excluding carboxylic acids is 1. The molecule has 27 heavy (non-hydrogen) atoms. The van der Waals surface area contributed by atoms with Crippen LogP contribution in [-0.4, -0.2) is 42.2 Å². The van der Waals surface area contributed by atoms with Crippen molar-refractivity contribution in [1.29, 1.82) is 0 Å². The molecule has 0 radical (unpaired) electrons. The maximum atomic E-state index is 12.9. The van der Waals surface area contributed by atoms with Crippen molar-refractivity contribution in [2.75, 3.05) is 20.3 Å². The summed E-state index contributed by atoms with van der Waals surface area (Å²) in [7, 11) is 1.63. The second-order valence-electron chi connectivity index (χ2n) is 7.61.